The number of rotatable bonds is 9. The van der Waals surface area contributed by atoms with Crippen LogP contribution < -0.4 is 5.32 Å². The van der Waals surface area contributed by atoms with Crippen molar-refractivity contribution in [1.29, 1.82) is 0 Å². The van der Waals surface area contributed by atoms with E-state index in [1.807, 2.05) is 13.8 Å². The standard InChI is InChI=1S/C12H23NO3/c1-10(2)16-9-5-4-8-13-12(15)7-6-11(3)14/h10H,4-9H2,1-3H3,(H,13,15). The van der Waals surface area contributed by atoms with Gasteiger partial charge < -0.3 is 14.8 Å². The van der Waals surface area contributed by atoms with Gasteiger partial charge in [0.2, 0.25) is 5.91 Å². The third-order valence-electron chi connectivity index (χ3n) is 2.05. The molecular weight excluding hydrogens is 206 g/mol. The zero-order chi connectivity index (χ0) is 12.4. The molecule has 0 aromatic heterocycles. The molecule has 0 aromatic carbocycles. The van der Waals surface area contributed by atoms with Gasteiger partial charge in [-0.1, -0.05) is 0 Å². The van der Waals surface area contributed by atoms with Crippen LogP contribution in [0.25, 0.3) is 0 Å². The molecular formula is C12H23NO3. The number of carbonyl (C=O) groups excluding carboxylic acids is 2. The van der Waals surface area contributed by atoms with Gasteiger partial charge >= 0.3 is 0 Å². The second kappa shape index (κ2) is 9.33. The van der Waals surface area contributed by atoms with Crippen LogP contribution in [0, 0.1) is 0 Å². The third-order valence-corrected chi connectivity index (χ3v) is 2.05. The fraction of sp³-hybridized carbons (Fsp3) is 0.833. The quantitative estimate of drug-likeness (QED) is 0.612. The van der Waals surface area contributed by atoms with Crippen molar-refractivity contribution in [3.8, 4) is 0 Å². The maximum Gasteiger partial charge on any atom is 0.220 e. The number of Topliss-reactive ketones (excluding diaryl/α,β-unsaturated/α-hetero) is 1. The van der Waals surface area contributed by atoms with Crippen molar-refractivity contribution < 1.29 is 14.3 Å². The normalized spacial score (nSPS) is 10.5. The fourth-order valence-electron chi connectivity index (χ4n) is 1.15. The van der Waals surface area contributed by atoms with Gasteiger partial charge in [0.1, 0.15) is 5.78 Å². The number of nitrogens with one attached hydrogen (secondary N) is 1. The average molecular weight is 229 g/mol. The van der Waals surface area contributed by atoms with Crippen molar-refractivity contribution in [3.63, 3.8) is 0 Å². The van der Waals surface area contributed by atoms with Crippen molar-refractivity contribution in [1.82, 2.24) is 5.32 Å². The van der Waals surface area contributed by atoms with E-state index < -0.39 is 0 Å². The molecule has 0 heterocycles. The highest BCUT2D eigenvalue weighted by Crippen LogP contribution is 1.94. The Morgan fingerprint density at radius 1 is 1.19 bits per heavy atom. The SMILES string of the molecule is CC(=O)CCC(=O)NCCCCOC(C)C. The molecule has 4 nitrogen and oxygen atoms in total. The van der Waals surface area contributed by atoms with E-state index >= 15 is 0 Å². The number of unbranched alkanes of at least 4 members (excludes halogenated alkanes) is 1. The smallest absolute Gasteiger partial charge is 0.220 e. The Kier molecular flexibility index (Phi) is 8.81. The summed E-state index contributed by atoms with van der Waals surface area (Å²) in [5.41, 5.74) is 0. The van der Waals surface area contributed by atoms with Gasteiger partial charge in [-0.05, 0) is 33.6 Å². The van der Waals surface area contributed by atoms with E-state index in [9.17, 15) is 9.59 Å². The van der Waals surface area contributed by atoms with E-state index in [0.717, 1.165) is 19.4 Å². The molecule has 0 rings (SSSR count). The van der Waals surface area contributed by atoms with E-state index in [2.05, 4.69) is 5.32 Å². The third kappa shape index (κ3) is 11.2. The summed E-state index contributed by atoms with van der Waals surface area (Å²) in [6, 6.07) is 0. The molecule has 0 atom stereocenters. The lowest BCUT2D eigenvalue weighted by Crippen LogP contribution is -2.24. The lowest BCUT2D eigenvalue weighted by molar-refractivity contribution is -0.124. The number of ether oxygens (including phenoxy) is 1. The predicted octanol–water partition coefficient (Wildman–Crippen LogP) is 1.68. The molecule has 1 amide bonds. The zero-order valence-electron chi connectivity index (χ0n) is 10.5. The van der Waals surface area contributed by atoms with Crippen LogP contribution in [-0.2, 0) is 14.3 Å². The van der Waals surface area contributed by atoms with Crippen LogP contribution in [0.5, 0.6) is 0 Å². The van der Waals surface area contributed by atoms with E-state index in [1.54, 1.807) is 0 Å². The summed E-state index contributed by atoms with van der Waals surface area (Å²) in [5, 5.41) is 2.78. The summed E-state index contributed by atoms with van der Waals surface area (Å²) in [7, 11) is 0. The minimum Gasteiger partial charge on any atom is -0.379 e. The van der Waals surface area contributed by atoms with Crippen LogP contribution in [0.4, 0.5) is 0 Å². The maximum absolute atomic E-state index is 11.2. The fourth-order valence-corrected chi connectivity index (χ4v) is 1.15. The molecule has 16 heavy (non-hydrogen) atoms. The van der Waals surface area contributed by atoms with Crippen molar-refractivity contribution in [2.24, 2.45) is 0 Å². The molecule has 0 spiro atoms. The maximum atomic E-state index is 11.2. The Bertz CT molecular complexity index is 214. The Hall–Kier alpha value is -0.900. The molecule has 94 valence electrons. The van der Waals surface area contributed by atoms with Crippen LogP contribution >= 0.6 is 0 Å². The van der Waals surface area contributed by atoms with Crippen LogP contribution in [0.3, 0.4) is 0 Å². The number of hydrogen-bond acceptors (Lipinski definition) is 3. The van der Waals surface area contributed by atoms with E-state index in [-0.39, 0.29) is 17.8 Å². The minimum atomic E-state index is -0.0417. The summed E-state index contributed by atoms with van der Waals surface area (Å²) in [6.45, 7) is 6.91. The van der Waals surface area contributed by atoms with Gasteiger partial charge in [-0.2, -0.15) is 0 Å². The van der Waals surface area contributed by atoms with Crippen molar-refractivity contribution in [3.05, 3.63) is 0 Å². The highest BCUT2D eigenvalue weighted by molar-refractivity contribution is 5.83. The first-order valence-electron chi connectivity index (χ1n) is 5.90. The summed E-state index contributed by atoms with van der Waals surface area (Å²) in [4.78, 5) is 21.8. The summed E-state index contributed by atoms with van der Waals surface area (Å²) >= 11 is 0. The summed E-state index contributed by atoms with van der Waals surface area (Å²) in [6.07, 6.45) is 2.77. The van der Waals surface area contributed by atoms with Crippen molar-refractivity contribution >= 4 is 11.7 Å². The first-order chi connectivity index (χ1) is 7.52. The molecule has 0 aliphatic rings. The molecule has 0 aromatic rings. The Morgan fingerprint density at radius 2 is 1.88 bits per heavy atom. The van der Waals surface area contributed by atoms with Gasteiger partial charge in [0.15, 0.2) is 0 Å². The lowest BCUT2D eigenvalue weighted by atomic mass is 10.2. The van der Waals surface area contributed by atoms with E-state index in [4.69, 9.17) is 4.74 Å². The molecule has 0 saturated carbocycles. The number of amides is 1. The molecule has 0 saturated heterocycles. The highest BCUT2D eigenvalue weighted by Gasteiger charge is 2.02. The van der Waals surface area contributed by atoms with E-state index in [1.165, 1.54) is 6.92 Å². The number of hydrogen-bond donors (Lipinski definition) is 1. The molecule has 0 aliphatic heterocycles. The highest BCUT2D eigenvalue weighted by atomic mass is 16.5. The molecule has 0 bridgehead atoms. The molecule has 0 unspecified atom stereocenters. The predicted molar refractivity (Wildman–Crippen MR) is 63.2 cm³/mol. The Balaban J connectivity index is 3.24. The molecule has 0 aliphatic carbocycles. The van der Waals surface area contributed by atoms with Gasteiger partial charge in [0.05, 0.1) is 6.10 Å². The molecule has 4 heteroatoms. The van der Waals surface area contributed by atoms with Gasteiger partial charge in [-0.15, -0.1) is 0 Å². The molecule has 1 N–H and O–H groups in total. The summed E-state index contributed by atoms with van der Waals surface area (Å²) < 4.78 is 5.37. The van der Waals surface area contributed by atoms with Gasteiger partial charge in [0, 0.05) is 26.0 Å². The average Bonchev–Trinajstić information content (AvgIpc) is 2.19. The largest absolute Gasteiger partial charge is 0.379 e. The van der Waals surface area contributed by atoms with Crippen molar-refractivity contribution in [2.45, 2.75) is 52.6 Å². The molecule has 0 fully saturated rings. The first kappa shape index (κ1) is 15.1. The summed E-state index contributed by atoms with van der Waals surface area (Å²) in [5.74, 6) is 0.0143. The number of ketones is 1. The lowest BCUT2D eigenvalue weighted by Gasteiger charge is -2.07. The second-order valence-corrected chi connectivity index (χ2v) is 4.18. The monoisotopic (exact) mass is 229 g/mol. The van der Waals surface area contributed by atoms with Crippen LogP contribution in [-0.4, -0.2) is 30.9 Å². The van der Waals surface area contributed by atoms with Gasteiger partial charge in [-0.3, -0.25) is 4.79 Å². The van der Waals surface area contributed by atoms with Crippen LogP contribution in [0.1, 0.15) is 46.5 Å². The van der Waals surface area contributed by atoms with Crippen LogP contribution in [0.2, 0.25) is 0 Å². The van der Waals surface area contributed by atoms with E-state index in [0.29, 0.717) is 19.4 Å². The molecule has 0 radical (unpaired) electrons. The second-order valence-electron chi connectivity index (χ2n) is 4.18. The van der Waals surface area contributed by atoms with Crippen molar-refractivity contribution in [2.75, 3.05) is 13.2 Å². The zero-order valence-corrected chi connectivity index (χ0v) is 10.5. The first-order valence-corrected chi connectivity index (χ1v) is 5.90. The van der Waals surface area contributed by atoms with Crippen LogP contribution in [0.15, 0.2) is 0 Å². The topological polar surface area (TPSA) is 55.4 Å². The Labute approximate surface area is 97.7 Å². The minimum absolute atomic E-state index is 0.0417. The van der Waals surface area contributed by atoms with Gasteiger partial charge in [-0.25, -0.2) is 0 Å². The van der Waals surface area contributed by atoms with Gasteiger partial charge in [0.25, 0.3) is 0 Å². The number of carbonyl (C=O) groups is 2. The Morgan fingerprint density at radius 3 is 2.44 bits per heavy atom.